The highest BCUT2D eigenvalue weighted by Gasteiger charge is 2.22. The molecule has 1 saturated heterocycles. The van der Waals surface area contributed by atoms with E-state index in [9.17, 15) is 4.79 Å². The molecule has 2 aromatic carbocycles. The molecule has 0 spiro atoms. The Kier molecular flexibility index (Phi) is 5.02. The Hall–Kier alpha value is -3.48. The van der Waals surface area contributed by atoms with Gasteiger partial charge in [-0.2, -0.15) is 0 Å². The molecule has 160 valence electrons. The third-order valence-corrected chi connectivity index (χ3v) is 6.18. The van der Waals surface area contributed by atoms with Crippen molar-refractivity contribution in [1.82, 2.24) is 4.98 Å². The molecule has 7 heteroatoms. The van der Waals surface area contributed by atoms with E-state index in [0.29, 0.717) is 12.2 Å². The van der Waals surface area contributed by atoms with Gasteiger partial charge in [0.1, 0.15) is 5.82 Å². The molecule has 5 rings (SSSR count). The van der Waals surface area contributed by atoms with Gasteiger partial charge in [0.15, 0.2) is 11.5 Å². The van der Waals surface area contributed by atoms with Gasteiger partial charge < -0.3 is 24.6 Å². The van der Waals surface area contributed by atoms with Crippen LogP contribution in [0.2, 0.25) is 0 Å². The minimum atomic E-state index is 0.103. The smallest absolute Gasteiger partial charge is 0.224 e. The molecule has 3 heterocycles. The number of hydrogen-bond acceptors (Lipinski definition) is 6. The molecule has 0 aliphatic carbocycles. The summed E-state index contributed by atoms with van der Waals surface area (Å²) in [6.07, 6.45) is 3.22. The first-order chi connectivity index (χ1) is 15.2. The van der Waals surface area contributed by atoms with E-state index in [0.717, 1.165) is 60.6 Å². The maximum Gasteiger partial charge on any atom is 0.224 e. The molecule has 0 unspecified atom stereocenters. The Labute approximate surface area is 181 Å². The second-order valence-corrected chi connectivity index (χ2v) is 7.93. The molecule has 2 aliphatic rings. The van der Waals surface area contributed by atoms with Crippen LogP contribution in [0, 0.1) is 0 Å². The van der Waals surface area contributed by atoms with Crippen LogP contribution in [0.15, 0.2) is 42.6 Å². The lowest BCUT2D eigenvalue weighted by atomic mass is 10.0. The fourth-order valence-electron chi connectivity index (χ4n) is 4.48. The van der Waals surface area contributed by atoms with E-state index in [1.165, 1.54) is 11.3 Å². The van der Waals surface area contributed by atoms with Gasteiger partial charge in [0, 0.05) is 55.6 Å². The van der Waals surface area contributed by atoms with Crippen molar-refractivity contribution in [3.05, 3.63) is 48.2 Å². The zero-order valence-corrected chi connectivity index (χ0v) is 17.9. The highest BCUT2D eigenvalue weighted by atomic mass is 16.5. The van der Waals surface area contributed by atoms with Crippen LogP contribution >= 0.6 is 0 Å². The summed E-state index contributed by atoms with van der Waals surface area (Å²) in [5.41, 5.74) is 3.38. The lowest BCUT2D eigenvalue weighted by Crippen LogP contribution is -2.47. The zero-order chi connectivity index (χ0) is 21.4. The van der Waals surface area contributed by atoms with Crippen LogP contribution < -0.4 is 24.6 Å². The van der Waals surface area contributed by atoms with Crippen LogP contribution in [-0.2, 0) is 11.2 Å². The van der Waals surface area contributed by atoms with E-state index >= 15 is 0 Å². The molecule has 0 radical (unpaired) electrons. The van der Waals surface area contributed by atoms with Gasteiger partial charge in [0.25, 0.3) is 0 Å². The quantitative estimate of drug-likeness (QED) is 0.700. The van der Waals surface area contributed by atoms with Gasteiger partial charge in [-0.05, 0) is 53.8 Å². The van der Waals surface area contributed by atoms with Crippen LogP contribution in [0.1, 0.15) is 12.0 Å². The number of rotatable bonds is 4. The summed E-state index contributed by atoms with van der Waals surface area (Å²) in [7, 11) is 3.31. The number of pyridine rings is 1. The number of methoxy groups -OCH3 is 2. The number of amides is 1. The monoisotopic (exact) mass is 418 g/mol. The van der Waals surface area contributed by atoms with Crippen molar-refractivity contribution < 1.29 is 14.3 Å². The number of carbonyl (C=O) groups is 1. The summed E-state index contributed by atoms with van der Waals surface area (Å²) < 4.78 is 11.0. The van der Waals surface area contributed by atoms with Crippen molar-refractivity contribution >= 4 is 33.9 Å². The molecule has 31 heavy (non-hydrogen) atoms. The molecule has 1 amide bonds. The number of hydrogen-bond donors (Lipinski definition) is 1. The summed E-state index contributed by atoms with van der Waals surface area (Å²) in [6, 6.07) is 12.4. The summed E-state index contributed by atoms with van der Waals surface area (Å²) in [5, 5.41) is 5.11. The number of nitrogens with zero attached hydrogens (tertiary/aromatic N) is 3. The number of piperazine rings is 1. The van der Waals surface area contributed by atoms with Crippen LogP contribution in [0.4, 0.5) is 17.2 Å². The van der Waals surface area contributed by atoms with Crippen LogP contribution in [0.25, 0.3) is 10.8 Å². The molecular weight excluding hydrogens is 392 g/mol. The Morgan fingerprint density at radius 3 is 2.42 bits per heavy atom. The average Bonchev–Trinajstić information content (AvgIpc) is 2.82. The Balaban J connectivity index is 1.36. The molecule has 1 fully saturated rings. The number of aryl methyl sites for hydroxylation is 1. The lowest BCUT2D eigenvalue weighted by molar-refractivity contribution is -0.116. The van der Waals surface area contributed by atoms with E-state index in [1.54, 1.807) is 14.2 Å². The van der Waals surface area contributed by atoms with Crippen molar-refractivity contribution in [2.24, 2.45) is 0 Å². The first-order valence-corrected chi connectivity index (χ1v) is 10.6. The predicted molar refractivity (Wildman–Crippen MR) is 123 cm³/mol. The maximum atomic E-state index is 11.6. The fraction of sp³-hybridized carbons (Fsp3) is 0.333. The maximum absolute atomic E-state index is 11.6. The third kappa shape index (κ3) is 3.60. The van der Waals surface area contributed by atoms with Gasteiger partial charge >= 0.3 is 0 Å². The highest BCUT2D eigenvalue weighted by molar-refractivity contribution is 5.95. The fourth-order valence-corrected chi connectivity index (χ4v) is 4.48. The van der Waals surface area contributed by atoms with Gasteiger partial charge in [-0.1, -0.05) is 0 Å². The van der Waals surface area contributed by atoms with Gasteiger partial charge in [-0.15, -0.1) is 0 Å². The molecule has 0 atom stereocenters. The standard InChI is InChI=1S/C24H26N4O3/c1-30-21-14-16-7-8-25-24(19(16)15-22(21)31-2)28-11-9-27(10-12-28)18-4-5-20-17(13-18)3-6-23(29)26-20/h4-5,7-8,13-15H,3,6,9-12H2,1-2H3,(H,26,29). The van der Waals surface area contributed by atoms with Crippen LogP contribution in [0.5, 0.6) is 11.5 Å². The van der Waals surface area contributed by atoms with E-state index in [1.807, 2.05) is 30.5 Å². The topological polar surface area (TPSA) is 66.9 Å². The van der Waals surface area contributed by atoms with Crippen LogP contribution in [0.3, 0.4) is 0 Å². The summed E-state index contributed by atoms with van der Waals surface area (Å²) >= 11 is 0. The number of ether oxygens (including phenoxy) is 2. The second kappa shape index (κ2) is 7.98. The molecule has 2 aliphatic heterocycles. The Morgan fingerprint density at radius 1 is 0.903 bits per heavy atom. The number of aromatic nitrogens is 1. The minimum Gasteiger partial charge on any atom is -0.493 e. The van der Waals surface area contributed by atoms with E-state index < -0.39 is 0 Å². The van der Waals surface area contributed by atoms with Crippen molar-refractivity contribution in [2.45, 2.75) is 12.8 Å². The van der Waals surface area contributed by atoms with Crippen molar-refractivity contribution in [1.29, 1.82) is 0 Å². The number of carbonyl (C=O) groups excluding carboxylic acids is 1. The Bertz CT molecular complexity index is 1140. The largest absolute Gasteiger partial charge is 0.493 e. The van der Waals surface area contributed by atoms with E-state index in [4.69, 9.17) is 14.5 Å². The lowest BCUT2D eigenvalue weighted by Gasteiger charge is -2.37. The number of nitrogens with one attached hydrogen (secondary N) is 1. The van der Waals surface area contributed by atoms with Crippen LogP contribution in [-0.4, -0.2) is 51.3 Å². The third-order valence-electron chi connectivity index (χ3n) is 6.18. The number of benzene rings is 2. The van der Waals surface area contributed by atoms with Crippen molar-refractivity contribution in [3.63, 3.8) is 0 Å². The Morgan fingerprint density at radius 2 is 1.65 bits per heavy atom. The average molecular weight is 418 g/mol. The first-order valence-electron chi connectivity index (χ1n) is 10.6. The normalized spacial score (nSPS) is 16.1. The molecule has 1 aromatic heterocycles. The molecule has 0 bridgehead atoms. The number of anilines is 3. The molecule has 0 saturated carbocycles. The molecule has 1 N–H and O–H groups in total. The van der Waals surface area contributed by atoms with Crippen molar-refractivity contribution in [3.8, 4) is 11.5 Å². The SMILES string of the molecule is COc1cc2ccnc(N3CCN(c4ccc5c(c4)CCC(=O)N5)CC3)c2cc1OC. The van der Waals surface area contributed by atoms with Gasteiger partial charge in [0.05, 0.1) is 14.2 Å². The molecule has 3 aromatic rings. The van der Waals surface area contributed by atoms with Gasteiger partial charge in [-0.3, -0.25) is 4.79 Å². The second-order valence-electron chi connectivity index (χ2n) is 7.93. The van der Waals surface area contributed by atoms with Crippen molar-refractivity contribution in [2.75, 3.05) is 55.5 Å². The summed E-state index contributed by atoms with van der Waals surface area (Å²) in [4.78, 5) is 21.0. The zero-order valence-electron chi connectivity index (χ0n) is 17.9. The van der Waals surface area contributed by atoms with Gasteiger partial charge in [-0.25, -0.2) is 4.98 Å². The summed E-state index contributed by atoms with van der Waals surface area (Å²) in [5.74, 6) is 2.52. The minimum absolute atomic E-state index is 0.103. The first kappa shape index (κ1) is 19.5. The molecular formula is C24H26N4O3. The highest BCUT2D eigenvalue weighted by Crippen LogP contribution is 2.36. The molecule has 7 nitrogen and oxygen atoms in total. The summed E-state index contributed by atoms with van der Waals surface area (Å²) in [6.45, 7) is 3.59. The van der Waals surface area contributed by atoms with E-state index in [-0.39, 0.29) is 5.91 Å². The van der Waals surface area contributed by atoms with E-state index in [2.05, 4.69) is 27.2 Å². The number of fused-ring (bicyclic) bond motifs is 2. The van der Waals surface area contributed by atoms with Gasteiger partial charge in [0.2, 0.25) is 5.91 Å². The predicted octanol–water partition coefficient (Wildman–Crippen LogP) is 3.46.